The maximum absolute atomic E-state index is 13.9. The Kier molecular flexibility index (Phi) is 8.75. The molecule has 44 heavy (non-hydrogen) atoms. The molecule has 1 aromatic heterocycles. The van der Waals surface area contributed by atoms with Gasteiger partial charge in [-0.3, -0.25) is 9.36 Å². The van der Waals surface area contributed by atoms with Crippen LogP contribution in [0.4, 0.5) is 0 Å². The molecule has 4 aromatic carbocycles. The standard InChI is InChI=1S/C37H30N2O4S/c1-26-33(36(41)43-25-29-16-9-4-10-17-29)34(30-20-22-31(23-21-30)42-24-28-14-7-3-8-15-28)39-35(40)32(44-37(39)38-26)19-11-18-27-12-5-2-6-13-27/h2-23,34H,24-25H2,1H3. The predicted octanol–water partition coefficient (Wildman–Crippen LogP) is 6.22. The highest BCUT2D eigenvalue weighted by Gasteiger charge is 2.33. The van der Waals surface area contributed by atoms with Crippen molar-refractivity contribution in [1.29, 1.82) is 0 Å². The number of ether oxygens (including phenoxy) is 2. The molecule has 6 rings (SSSR count). The Bertz CT molecular complexity index is 1990. The van der Waals surface area contributed by atoms with Gasteiger partial charge in [-0.15, -0.1) is 0 Å². The number of rotatable bonds is 9. The van der Waals surface area contributed by atoms with Crippen LogP contribution in [0.3, 0.4) is 0 Å². The Hall–Kier alpha value is -5.27. The molecule has 0 spiro atoms. The predicted molar refractivity (Wildman–Crippen MR) is 174 cm³/mol. The number of allylic oxidation sites excluding steroid dienone is 2. The lowest BCUT2D eigenvalue weighted by atomic mass is 9.96. The monoisotopic (exact) mass is 598 g/mol. The fraction of sp³-hybridized carbons (Fsp3) is 0.108. The molecule has 1 aliphatic heterocycles. The lowest BCUT2D eigenvalue weighted by Crippen LogP contribution is -2.39. The zero-order chi connectivity index (χ0) is 30.3. The minimum absolute atomic E-state index is 0.115. The molecule has 0 radical (unpaired) electrons. The van der Waals surface area contributed by atoms with E-state index in [4.69, 9.17) is 14.5 Å². The number of fused-ring (bicyclic) bond motifs is 1. The topological polar surface area (TPSA) is 69.9 Å². The van der Waals surface area contributed by atoms with Crippen molar-refractivity contribution in [2.75, 3.05) is 0 Å². The van der Waals surface area contributed by atoms with Gasteiger partial charge in [-0.2, -0.15) is 0 Å². The second-order valence-electron chi connectivity index (χ2n) is 10.3. The minimum Gasteiger partial charge on any atom is -0.489 e. The summed E-state index contributed by atoms with van der Waals surface area (Å²) >= 11 is 1.30. The van der Waals surface area contributed by atoms with Gasteiger partial charge in [-0.25, -0.2) is 9.79 Å². The van der Waals surface area contributed by atoms with Crippen molar-refractivity contribution in [1.82, 2.24) is 4.57 Å². The Morgan fingerprint density at radius 2 is 1.45 bits per heavy atom. The fourth-order valence-electron chi connectivity index (χ4n) is 5.01. The lowest BCUT2D eigenvalue weighted by molar-refractivity contribution is -0.140. The highest BCUT2D eigenvalue weighted by molar-refractivity contribution is 7.07. The average molecular weight is 599 g/mol. The van der Waals surface area contributed by atoms with E-state index in [1.165, 1.54) is 11.3 Å². The van der Waals surface area contributed by atoms with Crippen LogP contribution in [-0.2, 0) is 22.7 Å². The van der Waals surface area contributed by atoms with Crippen molar-refractivity contribution in [3.05, 3.63) is 175 Å². The van der Waals surface area contributed by atoms with Gasteiger partial charge in [0.05, 0.1) is 21.8 Å². The van der Waals surface area contributed by atoms with E-state index in [9.17, 15) is 9.59 Å². The largest absolute Gasteiger partial charge is 0.489 e. The number of thiazole rings is 1. The highest BCUT2D eigenvalue weighted by atomic mass is 32.1. The molecule has 0 saturated heterocycles. The zero-order valence-corrected chi connectivity index (χ0v) is 24.9. The first-order valence-corrected chi connectivity index (χ1v) is 15.1. The summed E-state index contributed by atoms with van der Waals surface area (Å²) in [5.41, 5.74) is 4.35. The van der Waals surface area contributed by atoms with E-state index in [2.05, 4.69) is 0 Å². The van der Waals surface area contributed by atoms with Crippen LogP contribution in [0.1, 0.15) is 35.2 Å². The van der Waals surface area contributed by atoms with Crippen LogP contribution in [0.25, 0.3) is 12.2 Å². The number of aromatic nitrogens is 1. The van der Waals surface area contributed by atoms with Gasteiger partial charge >= 0.3 is 5.97 Å². The summed E-state index contributed by atoms with van der Waals surface area (Å²) < 4.78 is 13.9. The Morgan fingerprint density at radius 1 is 0.841 bits per heavy atom. The van der Waals surface area contributed by atoms with E-state index in [1.54, 1.807) is 17.6 Å². The third kappa shape index (κ3) is 6.53. The van der Waals surface area contributed by atoms with Crippen LogP contribution in [0.15, 0.2) is 142 Å². The van der Waals surface area contributed by atoms with Crippen LogP contribution in [-0.4, -0.2) is 10.5 Å². The molecule has 0 amide bonds. The summed E-state index contributed by atoms with van der Waals surface area (Å²) in [5.74, 6) is 0.174. The first kappa shape index (κ1) is 28.8. The van der Waals surface area contributed by atoms with Gasteiger partial charge in [0.1, 0.15) is 19.0 Å². The number of carbonyl (C=O) groups excluding carboxylic acids is 1. The number of nitrogens with zero attached hydrogens (tertiary/aromatic N) is 2. The summed E-state index contributed by atoms with van der Waals surface area (Å²) in [7, 11) is 0. The van der Waals surface area contributed by atoms with E-state index in [1.807, 2.05) is 127 Å². The number of hydrogen-bond donors (Lipinski definition) is 0. The molecule has 218 valence electrons. The van der Waals surface area contributed by atoms with Crippen molar-refractivity contribution in [2.45, 2.75) is 26.2 Å². The second-order valence-corrected chi connectivity index (χ2v) is 11.3. The highest BCUT2D eigenvalue weighted by Crippen LogP contribution is 2.32. The summed E-state index contributed by atoms with van der Waals surface area (Å²) in [5, 5.41) is 0. The van der Waals surface area contributed by atoms with E-state index < -0.39 is 12.0 Å². The first-order valence-electron chi connectivity index (χ1n) is 14.3. The van der Waals surface area contributed by atoms with Gasteiger partial charge in [0, 0.05) is 0 Å². The summed E-state index contributed by atoms with van der Waals surface area (Å²) in [6, 6.07) is 36.1. The molecule has 0 N–H and O–H groups in total. The smallest absolute Gasteiger partial charge is 0.338 e. The Balaban J connectivity index is 1.35. The van der Waals surface area contributed by atoms with Gasteiger partial charge in [0.2, 0.25) is 0 Å². The van der Waals surface area contributed by atoms with Crippen LogP contribution < -0.4 is 19.6 Å². The summed E-state index contributed by atoms with van der Waals surface area (Å²) in [6.45, 7) is 2.34. The molecule has 6 nitrogen and oxygen atoms in total. The number of carbonyl (C=O) groups is 1. The molecular formula is C37H30N2O4S. The molecule has 1 unspecified atom stereocenters. The average Bonchev–Trinajstić information content (AvgIpc) is 3.37. The van der Waals surface area contributed by atoms with Crippen molar-refractivity contribution >= 4 is 29.5 Å². The third-order valence-corrected chi connectivity index (χ3v) is 8.24. The number of benzene rings is 4. The van der Waals surface area contributed by atoms with Crippen LogP contribution in [0.2, 0.25) is 0 Å². The van der Waals surface area contributed by atoms with Crippen molar-refractivity contribution in [2.24, 2.45) is 4.99 Å². The summed E-state index contributed by atoms with van der Waals surface area (Å²) in [6.07, 6.45) is 5.60. The fourth-order valence-corrected chi connectivity index (χ4v) is 6.01. The van der Waals surface area contributed by atoms with Crippen LogP contribution in [0.5, 0.6) is 5.75 Å². The van der Waals surface area contributed by atoms with Crippen molar-refractivity contribution < 1.29 is 14.3 Å². The van der Waals surface area contributed by atoms with E-state index in [0.717, 1.165) is 22.3 Å². The van der Waals surface area contributed by atoms with E-state index >= 15 is 0 Å². The van der Waals surface area contributed by atoms with Gasteiger partial charge in [0.25, 0.3) is 5.56 Å². The summed E-state index contributed by atoms with van der Waals surface area (Å²) in [4.78, 5) is 32.7. The molecule has 0 fully saturated rings. The molecule has 2 heterocycles. The second kappa shape index (κ2) is 13.4. The molecule has 7 heteroatoms. The van der Waals surface area contributed by atoms with Crippen molar-refractivity contribution in [3.8, 4) is 5.75 Å². The molecule has 0 saturated carbocycles. The van der Waals surface area contributed by atoms with Gasteiger partial charge in [-0.05, 0) is 47.4 Å². The quantitative estimate of drug-likeness (QED) is 0.189. The van der Waals surface area contributed by atoms with Crippen molar-refractivity contribution in [3.63, 3.8) is 0 Å². The molecule has 0 aliphatic carbocycles. The normalized spacial score (nSPS) is 14.8. The first-order chi connectivity index (χ1) is 21.6. The van der Waals surface area contributed by atoms with Crippen LogP contribution in [0, 0.1) is 0 Å². The van der Waals surface area contributed by atoms with E-state index in [-0.39, 0.29) is 12.2 Å². The van der Waals surface area contributed by atoms with Gasteiger partial charge in [-0.1, -0.05) is 127 Å². The maximum atomic E-state index is 13.9. The minimum atomic E-state index is -0.710. The lowest BCUT2D eigenvalue weighted by Gasteiger charge is -2.25. The zero-order valence-electron chi connectivity index (χ0n) is 24.1. The van der Waals surface area contributed by atoms with Crippen LogP contribution >= 0.6 is 11.3 Å². The van der Waals surface area contributed by atoms with Gasteiger partial charge < -0.3 is 9.47 Å². The number of esters is 1. The van der Waals surface area contributed by atoms with E-state index in [0.29, 0.717) is 33.0 Å². The molecule has 1 atom stereocenters. The molecule has 5 aromatic rings. The van der Waals surface area contributed by atoms with Gasteiger partial charge in [0.15, 0.2) is 4.80 Å². The molecule has 0 bridgehead atoms. The third-order valence-electron chi connectivity index (χ3n) is 7.23. The molecular weight excluding hydrogens is 568 g/mol. The SMILES string of the molecule is CC1=C(C(=O)OCc2ccccc2)C(c2ccc(OCc3ccccc3)cc2)n2c(sc(=CC=Cc3ccccc3)c2=O)=N1. The number of hydrogen-bond acceptors (Lipinski definition) is 6. The maximum Gasteiger partial charge on any atom is 0.338 e. The molecule has 1 aliphatic rings. The Labute approximate surface area is 259 Å². The Morgan fingerprint density at radius 3 is 2.11 bits per heavy atom.